The Bertz CT molecular complexity index is 438. The summed E-state index contributed by atoms with van der Waals surface area (Å²) in [4.78, 5) is 15.7. The number of nitrogens with zero attached hydrogens (tertiary/aromatic N) is 1. The molecule has 0 aliphatic rings. The zero-order valence-corrected chi connectivity index (χ0v) is 13.7. The third kappa shape index (κ3) is 11.8. The van der Waals surface area contributed by atoms with E-state index in [4.69, 9.17) is 0 Å². The molecule has 0 aromatic rings. The van der Waals surface area contributed by atoms with Gasteiger partial charge in [-0.1, -0.05) is 0 Å². The van der Waals surface area contributed by atoms with Crippen molar-refractivity contribution in [2.45, 2.75) is 33.2 Å². The number of aliphatic imine (C=N–C) groups is 1. The Morgan fingerprint density at radius 1 is 1.20 bits per heavy atom. The fourth-order valence-electron chi connectivity index (χ4n) is 1.31. The Morgan fingerprint density at radius 3 is 2.25 bits per heavy atom. The van der Waals surface area contributed by atoms with Crippen molar-refractivity contribution in [1.29, 1.82) is 0 Å². The van der Waals surface area contributed by atoms with E-state index in [0.29, 0.717) is 12.5 Å². The average Bonchev–Trinajstić information content (AvgIpc) is 2.21. The molecule has 0 aliphatic carbocycles. The van der Waals surface area contributed by atoms with Crippen LogP contribution in [0.2, 0.25) is 0 Å². The minimum atomic E-state index is -3.01. The first kappa shape index (κ1) is 18.7. The third-order valence-corrected chi connectivity index (χ3v) is 2.95. The van der Waals surface area contributed by atoms with Crippen LogP contribution in [0.25, 0.3) is 0 Å². The summed E-state index contributed by atoms with van der Waals surface area (Å²) in [6.45, 7) is 8.45. The molecule has 0 rings (SSSR count). The molecular formula is C12H26N4O3S. The lowest BCUT2D eigenvalue weighted by Crippen LogP contribution is -2.43. The second kappa shape index (κ2) is 8.08. The van der Waals surface area contributed by atoms with Crippen molar-refractivity contribution in [2.24, 2.45) is 4.99 Å². The Labute approximate surface area is 121 Å². The van der Waals surface area contributed by atoms with Gasteiger partial charge in [0.1, 0.15) is 16.4 Å². The van der Waals surface area contributed by atoms with E-state index in [1.165, 1.54) is 6.26 Å². The molecule has 20 heavy (non-hydrogen) atoms. The predicted molar refractivity (Wildman–Crippen MR) is 81.6 cm³/mol. The quantitative estimate of drug-likeness (QED) is 0.454. The molecule has 3 N–H and O–H groups in total. The summed E-state index contributed by atoms with van der Waals surface area (Å²) in [6.07, 6.45) is 1.18. The summed E-state index contributed by atoms with van der Waals surface area (Å²) in [5, 5.41) is 8.63. The highest BCUT2D eigenvalue weighted by Gasteiger charge is 2.13. The smallest absolute Gasteiger partial charge is 0.242 e. The highest BCUT2D eigenvalue weighted by molar-refractivity contribution is 7.90. The summed E-state index contributed by atoms with van der Waals surface area (Å²) in [7, 11) is -3.01. The topological polar surface area (TPSA) is 99.7 Å². The molecule has 0 saturated heterocycles. The van der Waals surface area contributed by atoms with Gasteiger partial charge in [-0.15, -0.1) is 0 Å². The number of hydrogen-bond acceptors (Lipinski definition) is 4. The Kier molecular flexibility index (Phi) is 7.55. The second-order valence-corrected chi connectivity index (χ2v) is 7.81. The summed E-state index contributed by atoms with van der Waals surface area (Å²) in [5.41, 5.74) is -0.297. The van der Waals surface area contributed by atoms with Crippen molar-refractivity contribution < 1.29 is 13.2 Å². The van der Waals surface area contributed by atoms with Crippen LogP contribution in [0.5, 0.6) is 0 Å². The molecule has 0 aromatic carbocycles. The van der Waals surface area contributed by atoms with Crippen LogP contribution in [-0.2, 0) is 14.6 Å². The number of sulfone groups is 1. The van der Waals surface area contributed by atoms with Gasteiger partial charge in [0.15, 0.2) is 5.96 Å². The van der Waals surface area contributed by atoms with Gasteiger partial charge in [0.25, 0.3) is 0 Å². The molecule has 8 heteroatoms. The Hall–Kier alpha value is -1.31. The molecule has 0 atom stereocenters. The number of rotatable bonds is 6. The first-order valence-corrected chi connectivity index (χ1v) is 8.60. The van der Waals surface area contributed by atoms with Crippen LogP contribution in [0.3, 0.4) is 0 Å². The minimum Gasteiger partial charge on any atom is -0.357 e. The predicted octanol–water partition coefficient (Wildman–Crippen LogP) is -0.499. The number of guanidine groups is 1. The van der Waals surface area contributed by atoms with E-state index < -0.39 is 9.84 Å². The van der Waals surface area contributed by atoms with Crippen molar-refractivity contribution in [3.63, 3.8) is 0 Å². The molecule has 0 fully saturated rings. The van der Waals surface area contributed by atoms with Gasteiger partial charge < -0.3 is 16.0 Å². The third-order valence-electron chi connectivity index (χ3n) is 2.00. The average molecular weight is 306 g/mol. The summed E-state index contributed by atoms with van der Waals surface area (Å²) >= 11 is 0. The zero-order chi connectivity index (χ0) is 15.8. The number of carbonyl (C=O) groups is 1. The van der Waals surface area contributed by atoms with E-state index >= 15 is 0 Å². The summed E-state index contributed by atoms with van der Waals surface area (Å²) in [5.74, 6) is 0.268. The van der Waals surface area contributed by atoms with Crippen LogP contribution < -0.4 is 16.0 Å². The Morgan fingerprint density at radius 2 is 1.80 bits per heavy atom. The fraction of sp³-hybridized carbons (Fsp3) is 0.833. The normalized spacial score (nSPS) is 12.9. The van der Waals surface area contributed by atoms with Crippen LogP contribution in [0.15, 0.2) is 4.99 Å². The largest absolute Gasteiger partial charge is 0.357 e. The molecule has 0 spiro atoms. The lowest BCUT2D eigenvalue weighted by Gasteiger charge is -2.20. The maximum Gasteiger partial charge on any atom is 0.242 e. The molecule has 0 heterocycles. The maximum atomic E-state index is 11.6. The monoisotopic (exact) mass is 306 g/mol. The molecule has 0 aromatic heterocycles. The van der Waals surface area contributed by atoms with Crippen LogP contribution in [0.4, 0.5) is 0 Å². The Balaban J connectivity index is 4.36. The van der Waals surface area contributed by atoms with Gasteiger partial charge in [-0.3, -0.25) is 4.79 Å². The van der Waals surface area contributed by atoms with E-state index in [2.05, 4.69) is 20.9 Å². The SMILES string of the molecule is CCNC(=NCC(=O)NC(C)(C)C)NCCS(C)(=O)=O. The van der Waals surface area contributed by atoms with Crippen molar-refractivity contribution in [2.75, 3.05) is 31.6 Å². The standard InChI is InChI=1S/C12H26N4O3S/c1-6-13-11(14-7-8-20(5,18)19)15-9-10(17)16-12(2,3)4/h6-9H2,1-5H3,(H,16,17)(H2,13,14,15). The minimum absolute atomic E-state index is 0.00845. The van der Waals surface area contributed by atoms with Gasteiger partial charge in [0.2, 0.25) is 5.91 Å². The van der Waals surface area contributed by atoms with Crippen LogP contribution in [-0.4, -0.2) is 57.5 Å². The number of amides is 1. The van der Waals surface area contributed by atoms with Gasteiger partial charge in [-0.25, -0.2) is 13.4 Å². The van der Waals surface area contributed by atoms with Crippen LogP contribution in [0, 0.1) is 0 Å². The van der Waals surface area contributed by atoms with Crippen molar-refractivity contribution in [3.8, 4) is 0 Å². The molecule has 118 valence electrons. The van der Waals surface area contributed by atoms with Crippen molar-refractivity contribution in [1.82, 2.24) is 16.0 Å². The van der Waals surface area contributed by atoms with E-state index in [1.54, 1.807) is 0 Å². The molecule has 0 unspecified atom stereocenters. The van der Waals surface area contributed by atoms with E-state index in [1.807, 2.05) is 27.7 Å². The molecule has 0 saturated carbocycles. The maximum absolute atomic E-state index is 11.6. The molecule has 0 aliphatic heterocycles. The number of hydrogen-bond donors (Lipinski definition) is 3. The fourth-order valence-corrected chi connectivity index (χ4v) is 1.78. The number of carbonyl (C=O) groups excluding carboxylic acids is 1. The zero-order valence-electron chi connectivity index (χ0n) is 12.9. The molecule has 1 amide bonds. The molecule has 7 nitrogen and oxygen atoms in total. The first-order valence-electron chi connectivity index (χ1n) is 6.54. The van der Waals surface area contributed by atoms with Crippen molar-refractivity contribution in [3.05, 3.63) is 0 Å². The highest BCUT2D eigenvalue weighted by atomic mass is 32.2. The van der Waals surface area contributed by atoms with Gasteiger partial charge >= 0.3 is 0 Å². The van der Waals surface area contributed by atoms with E-state index in [0.717, 1.165) is 0 Å². The first-order chi connectivity index (χ1) is 9.03. The van der Waals surface area contributed by atoms with Crippen molar-refractivity contribution >= 4 is 21.7 Å². The van der Waals surface area contributed by atoms with Gasteiger partial charge in [0, 0.05) is 24.9 Å². The van der Waals surface area contributed by atoms with E-state index in [9.17, 15) is 13.2 Å². The lowest BCUT2D eigenvalue weighted by atomic mass is 10.1. The number of nitrogens with one attached hydrogen (secondary N) is 3. The highest BCUT2D eigenvalue weighted by Crippen LogP contribution is 1.97. The van der Waals surface area contributed by atoms with Crippen LogP contribution in [0.1, 0.15) is 27.7 Å². The second-order valence-electron chi connectivity index (χ2n) is 5.55. The van der Waals surface area contributed by atoms with E-state index in [-0.39, 0.29) is 30.3 Å². The van der Waals surface area contributed by atoms with Gasteiger partial charge in [-0.2, -0.15) is 0 Å². The lowest BCUT2D eigenvalue weighted by molar-refractivity contribution is -0.121. The van der Waals surface area contributed by atoms with Gasteiger partial charge in [-0.05, 0) is 27.7 Å². The molecule has 0 radical (unpaired) electrons. The summed E-state index contributed by atoms with van der Waals surface area (Å²) < 4.78 is 22.1. The summed E-state index contributed by atoms with van der Waals surface area (Å²) in [6, 6.07) is 0. The van der Waals surface area contributed by atoms with Crippen LogP contribution >= 0.6 is 0 Å². The molecular weight excluding hydrogens is 280 g/mol. The molecule has 0 bridgehead atoms. The van der Waals surface area contributed by atoms with Gasteiger partial charge in [0.05, 0.1) is 5.75 Å².